The van der Waals surface area contributed by atoms with Gasteiger partial charge in [-0.1, -0.05) is 13.3 Å². The van der Waals surface area contributed by atoms with E-state index in [-0.39, 0.29) is 6.04 Å². The maximum absolute atomic E-state index is 12.5. The summed E-state index contributed by atoms with van der Waals surface area (Å²) in [5.74, 6) is 1.11. The van der Waals surface area contributed by atoms with Crippen LogP contribution in [-0.4, -0.2) is 44.4 Å². The molecule has 0 aromatic heterocycles. The molecule has 2 aliphatic carbocycles. The first-order valence-corrected chi connectivity index (χ1v) is 9.99. The second-order valence-electron chi connectivity index (χ2n) is 7.16. The summed E-state index contributed by atoms with van der Waals surface area (Å²) in [5, 5.41) is 3.56. The van der Waals surface area contributed by atoms with Crippen molar-refractivity contribution in [1.29, 1.82) is 0 Å². The summed E-state index contributed by atoms with van der Waals surface area (Å²) in [6, 6.07) is 0.890. The molecule has 3 rings (SSSR count). The fraction of sp³-hybridized carbons (Fsp3) is 1.00. The van der Waals surface area contributed by atoms with E-state index in [0.717, 1.165) is 44.7 Å². The summed E-state index contributed by atoms with van der Waals surface area (Å²) < 4.78 is 29.5. The van der Waals surface area contributed by atoms with E-state index in [2.05, 4.69) is 17.0 Å². The second-order valence-corrected chi connectivity index (χ2v) is 8.86. The van der Waals surface area contributed by atoms with Crippen LogP contribution in [0.25, 0.3) is 0 Å². The van der Waals surface area contributed by atoms with Crippen LogP contribution in [0, 0.1) is 11.8 Å². The van der Waals surface area contributed by atoms with Gasteiger partial charge >= 0.3 is 0 Å². The Hall–Kier alpha value is -0.170. The number of nitrogens with zero attached hydrogens (tertiary/aromatic N) is 1. The Bertz CT molecular complexity index is 442. The maximum atomic E-state index is 12.5. The fourth-order valence-electron chi connectivity index (χ4n) is 3.56. The molecule has 21 heavy (non-hydrogen) atoms. The Kier molecular flexibility index (Phi) is 4.88. The Morgan fingerprint density at radius 2 is 1.76 bits per heavy atom. The van der Waals surface area contributed by atoms with Gasteiger partial charge in [-0.2, -0.15) is 17.4 Å². The summed E-state index contributed by atoms with van der Waals surface area (Å²) in [6.45, 7) is 4.56. The Labute approximate surface area is 129 Å². The number of nitrogens with one attached hydrogen (secondary N) is 2. The first-order chi connectivity index (χ1) is 10.0. The minimum atomic E-state index is -3.28. The first-order valence-electron chi connectivity index (χ1n) is 8.55. The van der Waals surface area contributed by atoms with Crippen LogP contribution in [0.1, 0.15) is 51.9 Å². The van der Waals surface area contributed by atoms with Crippen LogP contribution in [0.5, 0.6) is 0 Å². The largest absolute Gasteiger partial charge is 0.314 e. The molecule has 122 valence electrons. The van der Waals surface area contributed by atoms with Crippen molar-refractivity contribution in [3.63, 3.8) is 0 Å². The number of hydrogen-bond donors (Lipinski definition) is 2. The summed E-state index contributed by atoms with van der Waals surface area (Å²) in [4.78, 5) is 0. The van der Waals surface area contributed by atoms with E-state index in [1.54, 1.807) is 4.31 Å². The molecule has 3 aliphatic rings. The average Bonchev–Trinajstić information content (AvgIpc) is 3.21. The lowest BCUT2D eigenvalue weighted by atomic mass is 9.98. The highest BCUT2D eigenvalue weighted by atomic mass is 32.2. The molecule has 6 heteroatoms. The number of piperidine rings is 1. The van der Waals surface area contributed by atoms with E-state index in [4.69, 9.17) is 0 Å². The quantitative estimate of drug-likeness (QED) is 0.780. The van der Waals surface area contributed by atoms with Crippen LogP contribution in [0.4, 0.5) is 0 Å². The highest BCUT2D eigenvalue weighted by Gasteiger charge is 2.33. The molecule has 0 aromatic carbocycles. The van der Waals surface area contributed by atoms with Gasteiger partial charge in [0.05, 0.1) is 0 Å². The van der Waals surface area contributed by atoms with Crippen molar-refractivity contribution in [2.24, 2.45) is 11.8 Å². The highest BCUT2D eigenvalue weighted by Crippen LogP contribution is 2.27. The molecule has 2 atom stereocenters. The van der Waals surface area contributed by atoms with E-state index in [1.165, 1.54) is 12.8 Å². The van der Waals surface area contributed by atoms with Crippen LogP contribution in [-0.2, 0) is 10.2 Å². The molecular weight excluding hydrogens is 286 g/mol. The van der Waals surface area contributed by atoms with E-state index in [9.17, 15) is 8.42 Å². The maximum Gasteiger partial charge on any atom is 0.279 e. The molecule has 0 aromatic rings. The van der Waals surface area contributed by atoms with Crippen molar-refractivity contribution in [2.45, 2.75) is 64.0 Å². The van der Waals surface area contributed by atoms with Gasteiger partial charge in [-0.3, -0.25) is 0 Å². The molecule has 1 aliphatic heterocycles. The van der Waals surface area contributed by atoms with Gasteiger partial charge in [0.1, 0.15) is 0 Å². The molecule has 1 saturated heterocycles. The van der Waals surface area contributed by atoms with Crippen molar-refractivity contribution in [3.8, 4) is 0 Å². The monoisotopic (exact) mass is 315 g/mol. The zero-order valence-electron chi connectivity index (χ0n) is 13.1. The molecule has 2 N–H and O–H groups in total. The molecule has 0 radical (unpaired) electrons. The number of rotatable bonds is 6. The third-order valence-corrected chi connectivity index (χ3v) is 6.99. The molecule has 5 nitrogen and oxygen atoms in total. The van der Waals surface area contributed by atoms with Gasteiger partial charge in [-0.05, 0) is 56.9 Å². The lowest BCUT2D eigenvalue weighted by Crippen LogP contribution is -2.49. The molecule has 2 unspecified atom stereocenters. The Morgan fingerprint density at radius 3 is 2.33 bits per heavy atom. The smallest absolute Gasteiger partial charge is 0.279 e. The highest BCUT2D eigenvalue weighted by molar-refractivity contribution is 7.87. The standard InChI is InChI=1S/C15H29N3O2S/c1-12-3-2-4-15(12)17-21(19,20)18-9-7-13(8-10-18)11-16-14-5-6-14/h12-17H,2-11H2,1H3. The summed E-state index contributed by atoms with van der Waals surface area (Å²) >= 11 is 0. The summed E-state index contributed by atoms with van der Waals surface area (Å²) in [5.41, 5.74) is 0. The van der Waals surface area contributed by atoms with E-state index >= 15 is 0 Å². The Morgan fingerprint density at radius 1 is 1.05 bits per heavy atom. The van der Waals surface area contributed by atoms with Gasteiger partial charge < -0.3 is 5.32 Å². The zero-order chi connectivity index (χ0) is 14.9. The molecule has 1 heterocycles. The van der Waals surface area contributed by atoms with Crippen molar-refractivity contribution < 1.29 is 8.42 Å². The van der Waals surface area contributed by atoms with Crippen molar-refractivity contribution in [2.75, 3.05) is 19.6 Å². The topological polar surface area (TPSA) is 61.4 Å². The van der Waals surface area contributed by atoms with Crippen LogP contribution in [0.15, 0.2) is 0 Å². The average molecular weight is 315 g/mol. The predicted octanol–water partition coefficient (Wildman–Crippen LogP) is 1.47. The minimum absolute atomic E-state index is 0.143. The van der Waals surface area contributed by atoms with Gasteiger partial charge in [0.25, 0.3) is 10.2 Å². The van der Waals surface area contributed by atoms with Crippen LogP contribution in [0.3, 0.4) is 0 Å². The first kappa shape index (κ1) is 15.7. The van der Waals surface area contributed by atoms with Crippen LogP contribution >= 0.6 is 0 Å². The van der Waals surface area contributed by atoms with Crippen LogP contribution in [0.2, 0.25) is 0 Å². The van der Waals surface area contributed by atoms with Crippen molar-refractivity contribution in [3.05, 3.63) is 0 Å². The van der Waals surface area contributed by atoms with Gasteiger partial charge in [-0.25, -0.2) is 0 Å². The Balaban J connectivity index is 1.45. The zero-order valence-corrected chi connectivity index (χ0v) is 13.9. The lowest BCUT2D eigenvalue weighted by molar-refractivity contribution is 0.262. The molecule has 0 bridgehead atoms. The van der Waals surface area contributed by atoms with Gasteiger partial charge in [0.15, 0.2) is 0 Å². The minimum Gasteiger partial charge on any atom is -0.314 e. The number of hydrogen-bond acceptors (Lipinski definition) is 3. The predicted molar refractivity (Wildman–Crippen MR) is 84.2 cm³/mol. The molecule has 2 saturated carbocycles. The van der Waals surface area contributed by atoms with E-state index < -0.39 is 10.2 Å². The summed E-state index contributed by atoms with van der Waals surface area (Å²) in [6.07, 6.45) is 7.88. The molecular formula is C15H29N3O2S. The summed E-state index contributed by atoms with van der Waals surface area (Å²) in [7, 11) is -3.28. The fourth-order valence-corrected chi connectivity index (χ4v) is 5.13. The van der Waals surface area contributed by atoms with Gasteiger partial charge in [0, 0.05) is 25.2 Å². The van der Waals surface area contributed by atoms with Crippen molar-refractivity contribution in [1.82, 2.24) is 14.3 Å². The third kappa shape index (κ3) is 4.18. The van der Waals surface area contributed by atoms with Crippen molar-refractivity contribution >= 4 is 10.2 Å². The molecule has 0 amide bonds. The third-order valence-electron chi connectivity index (χ3n) is 5.35. The van der Waals surface area contributed by atoms with E-state index in [0.29, 0.717) is 24.9 Å². The molecule has 0 spiro atoms. The van der Waals surface area contributed by atoms with E-state index in [1.807, 2.05) is 0 Å². The molecule has 3 fully saturated rings. The second kappa shape index (κ2) is 6.52. The SMILES string of the molecule is CC1CCCC1NS(=O)(=O)N1CCC(CNC2CC2)CC1. The lowest BCUT2D eigenvalue weighted by Gasteiger charge is -2.32. The van der Waals surface area contributed by atoms with Gasteiger partial charge in [0.2, 0.25) is 0 Å². The van der Waals surface area contributed by atoms with Gasteiger partial charge in [-0.15, -0.1) is 0 Å². The van der Waals surface area contributed by atoms with Crippen LogP contribution < -0.4 is 10.0 Å². The normalized spacial score (nSPS) is 32.6.